The maximum Gasteiger partial charge on any atom is 0.368 e. The zero-order valence-electron chi connectivity index (χ0n) is 14.8. The van der Waals surface area contributed by atoms with Gasteiger partial charge in [-0.25, -0.2) is 9.59 Å². The summed E-state index contributed by atoms with van der Waals surface area (Å²) in [6.45, 7) is 1.53. The van der Waals surface area contributed by atoms with Crippen molar-refractivity contribution in [3.63, 3.8) is 0 Å². The van der Waals surface area contributed by atoms with E-state index in [1.807, 2.05) is 30.3 Å². The second kappa shape index (κ2) is 8.58. The Labute approximate surface area is 165 Å². The van der Waals surface area contributed by atoms with Crippen molar-refractivity contribution in [2.45, 2.75) is 6.92 Å². The molecule has 0 unspecified atom stereocenters. The zero-order valence-corrected chi connectivity index (χ0v) is 15.6. The summed E-state index contributed by atoms with van der Waals surface area (Å²) in [5.41, 5.74) is 1.96. The largest absolute Gasteiger partial charge is 0.490 e. The Morgan fingerprint density at radius 3 is 2.68 bits per heavy atom. The molecule has 1 aliphatic heterocycles. The fourth-order valence-corrected chi connectivity index (χ4v) is 2.86. The van der Waals surface area contributed by atoms with Gasteiger partial charge in [0.05, 0.1) is 17.2 Å². The van der Waals surface area contributed by atoms with Gasteiger partial charge in [0.15, 0.2) is 18.1 Å². The number of oxime groups is 1. The maximum absolute atomic E-state index is 12.1. The van der Waals surface area contributed by atoms with Crippen LogP contribution < -0.4 is 9.47 Å². The Bertz CT molecular complexity index is 968. The quantitative estimate of drug-likeness (QED) is 0.563. The highest BCUT2D eigenvalue weighted by Gasteiger charge is 2.27. The lowest BCUT2D eigenvalue weighted by Crippen LogP contribution is -2.11. The summed E-state index contributed by atoms with van der Waals surface area (Å²) in [4.78, 5) is 27.7. The Balaban J connectivity index is 1.99. The lowest BCUT2D eigenvalue weighted by Gasteiger charge is -2.13. The number of hydrogen-bond acceptors (Lipinski definition) is 6. The molecular formula is C20H16ClNO6. The number of hydrogen-bond donors (Lipinski definition) is 1. The van der Waals surface area contributed by atoms with Crippen LogP contribution in [0.25, 0.3) is 6.08 Å². The Morgan fingerprint density at radius 2 is 2.00 bits per heavy atom. The number of carbonyl (C=O) groups is 2. The predicted molar refractivity (Wildman–Crippen MR) is 103 cm³/mol. The average molecular weight is 402 g/mol. The van der Waals surface area contributed by atoms with Gasteiger partial charge in [0.1, 0.15) is 5.71 Å². The second-order valence-corrected chi connectivity index (χ2v) is 6.10. The molecule has 144 valence electrons. The third-order valence-corrected chi connectivity index (χ3v) is 4.01. The van der Waals surface area contributed by atoms with Crippen LogP contribution in [0.5, 0.6) is 11.5 Å². The number of benzene rings is 2. The molecular weight excluding hydrogens is 386 g/mol. The van der Waals surface area contributed by atoms with Crippen LogP contribution >= 0.6 is 11.6 Å². The molecule has 0 aliphatic carbocycles. The molecule has 0 spiro atoms. The smallest absolute Gasteiger partial charge is 0.368 e. The van der Waals surface area contributed by atoms with Gasteiger partial charge in [0.2, 0.25) is 0 Å². The summed E-state index contributed by atoms with van der Waals surface area (Å²) in [6, 6.07) is 12.3. The van der Waals surface area contributed by atoms with Gasteiger partial charge in [-0.3, -0.25) is 0 Å². The number of rotatable bonds is 7. The summed E-state index contributed by atoms with van der Waals surface area (Å²) < 4.78 is 10.7. The fourth-order valence-electron chi connectivity index (χ4n) is 2.59. The molecule has 2 aromatic rings. The third kappa shape index (κ3) is 4.32. The molecule has 2 aromatic carbocycles. The normalized spacial score (nSPS) is 14.6. The molecule has 0 aromatic heterocycles. The van der Waals surface area contributed by atoms with Crippen LogP contribution in [-0.2, 0) is 14.4 Å². The van der Waals surface area contributed by atoms with Crippen molar-refractivity contribution in [1.29, 1.82) is 0 Å². The molecule has 0 fully saturated rings. The molecule has 0 bridgehead atoms. The van der Waals surface area contributed by atoms with Gasteiger partial charge >= 0.3 is 11.9 Å². The summed E-state index contributed by atoms with van der Waals surface area (Å²) in [5.74, 6) is -1.33. The van der Waals surface area contributed by atoms with Crippen LogP contribution in [0.3, 0.4) is 0 Å². The van der Waals surface area contributed by atoms with Crippen molar-refractivity contribution in [2.24, 2.45) is 5.16 Å². The monoisotopic (exact) mass is 401 g/mol. The van der Waals surface area contributed by atoms with E-state index in [0.29, 0.717) is 17.9 Å². The summed E-state index contributed by atoms with van der Waals surface area (Å²) in [5, 5.41) is 12.8. The van der Waals surface area contributed by atoms with Crippen molar-refractivity contribution in [3.05, 3.63) is 64.2 Å². The van der Waals surface area contributed by atoms with Gasteiger partial charge in [0.25, 0.3) is 0 Å². The number of nitrogens with zero attached hydrogens (tertiary/aromatic N) is 1. The first kappa shape index (κ1) is 19.4. The molecule has 0 saturated heterocycles. The highest BCUT2D eigenvalue weighted by Crippen LogP contribution is 2.37. The Morgan fingerprint density at radius 1 is 1.25 bits per heavy atom. The molecule has 28 heavy (non-hydrogen) atoms. The average Bonchev–Trinajstić information content (AvgIpc) is 3.02. The van der Waals surface area contributed by atoms with Crippen LogP contribution in [0, 0.1) is 0 Å². The van der Waals surface area contributed by atoms with Gasteiger partial charge in [-0.05, 0) is 30.7 Å². The Kier molecular flexibility index (Phi) is 5.96. The topological polar surface area (TPSA) is 94.4 Å². The number of aliphatic carboxylic acids is 1. The lowest BCUT2D eigenvalue weighted by molar-refractivity contribution is -0.139. The summed E-state index contributed by atoms with van der Waals surface area (Å²) in [7, 11) is 0. The first-order valence-electron chi connectivity index (χ1n) is 8.37. The van der Waals surface area contributed by atoms with Gasteiger partial charge in [-0.15, -0.1) is 0 Å². The van der Waals surface area contributed by atoms with E-state index in [4.69, 9.17) is 31.0 Å². The highest BCUT2D eigenvalue weighted by molar-refractivity contribution is 6.33. The van der Waals surface area contributed by atoms with Crippen molar-refractivity contribution in [2.75, 3.05) is 13.2 Å². The molecule has 1 aliphatic rings. The highest BCUT2D eigenvalue weighted by atomic mass is 35.5. The number of ether oxygens (including phenoxy) is 2. The minimum atomic E-state index is -1.14. The molecule has 3 rings (SSSR count). The van der Waals surface area contributed by atoms with Crippen LogP contribution in [0.1, 0.15) is 18.1 Å². The molecule has 7 nitrogen and oxygen atoms in total. The van der Waals surface area contributed by atoms with Crippen LogP contribution in [-0.4, -0.2) is 36.0 Å². The minimum absolute atomic E-state index is 0.124. The van der Waals surface area contributed by atoms with E-state index in [0.717, 1.165) is 5.56 Å². The van der Waals surface area contributed by atoms with Gasteiger partial charge in [0, 0.05) is 5.56 Å². The van der Waals surface area contributed by atoms with E-state index >= 15 is 0 Å². The molecule has 0 radical (unpaired) electrons. The predicted octanol–water partition coefficient (Wildman–Crippen LogP) is 3.55. The van der Waals surface area contributed by atoms with E-state index in [1.54, 1.807) is 25.1 Å². The summed E-state index contributed by atoms with van der Waals surface area (Å²) in [6.07, 6.45) is 1.58. The number of carbonyl (C=O) groups excluding carboxylic acids is 1. The SMILES string of the molecule is CCOc1cc(/C=C2\C(=O)ON=C2c2ccccc2)cc(Cl)c1OCC(=O)O. The lowest BCUT2D eigenvalue weighted by atomic mass is 10.0. The molecule has 0 saturated carbocycles. The maximum atomic E-state index is 12.1. The minimum Gasteiger partial charge on any atom is -0.490 e. The van der Waals surface area contributed by atoms with Crippen molar-refractivity contribution in [1.82, 2.24) is 0 Å². The first-order valence-corrected chi connectivity index (χ1v) is 8.75. The van der Waals surface area contributed by atoms with Crippen molar-refractivity contribution >= 4 is 35.3 Å². The second-order valence-electron chi connectivity index (χ2n) is 5.69. The number of carboxylic acid groups (broad SMARTS) is 1. The Hall–Kier alpha value is -3.32. The number of halogens is 1. The van der Waals surface area contributed by atoms with E-state index < -0.39 is 18.5 Å². The third-order valence-electron chi connectivity index (χ3n) is 3.72. The van der Waals surface area contributed by atoms with E-state index in [1.165, 1.54) is 0 Å². The van der Waals surface area contributed by atoms with E-state index in [2.05, 4.69) is 5.16 Å². The first-order chi connectivity index (χ1) is 13.5. The summed E-state index contributed by atoms with van der Waals surface area (Å²) >= 11 is 6.26. The zero-order chi connectivity index (χ0) is 20.1. The fraction of sp³-hybridized carbons (Fsp3) is 0.150. The van der Waals surface area contributed by atoms with Crippen molar-refractivity contribution < 1.29 is 29.0 Å². The molecule has 1 N–H and O–H groups in total. The standard InChI is InChI=1S/C20H16ClNO6/c1-2-26-16-10-12(9-15(21)19(16)27-11-17(23)24)8-14-18(22-28-20(14)25)13-6-4-3-5-7-13/h3-10H,2,11H2,1H3,(H,23,24)/b14-8-. The van der Waals surface area contributed by atoms with Crippen LogP contribution in [0.2, 0.25) is 5.02 Å². The van der Waals surface area contributed by atoms with E-state index in [9.17, 15) is 9.59 Å². The van der Waals surface area contributed by atoms with Crippen LogP contribution in [0.15, 0.2) is 53.2 Å². The number of carboxylic acids is 1. The van der Waals surface area contributed by atoms with Crippen molar-refractivity contribution in [3.8, 4) is 11.5 Å². The molecule has 0 atom stereocenters. The van der Waals surface area contributed by atoms with Gasteiger partial charge in [-0.2, -0.15) is 0 Å². The molecule has 8 heteroatoms. The van der Waals surface area contributed by atoms with Crippen LogP contribution in [0.4, 0.5) is 0 Å². The molecule has 1 heterocycles. The molecule has 0 amide bonds. The van der Waals surface area contributed by atoms with Gasteiger partial charge in [-0.1, -0.05) is 47.1 Å². The van der Waals surface area contributed by atoms with Gasteiger partial charge < -0.3 is 19.4 Å². The van der Waals surface area contributed by atoms with E-state index in [-0.39, 0.29) is 22.1 Å².